The third-order valence-electron chi connectivity index (χ3n) is 4.82. The number of carbonyl (C=O) groups excluding carboxylic acids is 1. The standard InChI is InChI=1S/C19H30N2O4S/c1-5-20(6-2)26(23,24)18-10-7-17(8-11-18)9-12-19(22)21-13-16(4)25-14-15(21)3/h7-8,10-11,15-16H,5-6,9,12-14H2,1-4H3. The summed E-state index contributed by atoms with van der Waals surface area (Å²) in [5.74, 6) is 0.118. The summed E-state index contributed by atoms with van der Waals surface area (Å²) >= 11 is 0. The Bertz CT molecular complexity index is 699. The van der Waals surface area contributed by atoms with Crippen LogP contribution >= 0.6 is 0 Å². The number of hydrogen-bond acceptors (Lipinski definition) is 4. The second-order valence-electron chi connectivity index (χ2n) is 6.77. The maximum absolute atomic E-state index is 12.5. The van der Waals surface area contributed by atoms with Crippen molar-refractivity contribution in [2.45, 2.75) is 57.6 Å². The predicted octanol–water partition coefficient (Wildman–Crippen LogP) is 2.29. The molecule has 1 saturated heterocycles. The molecule has 1 aliphatic rings. The highest BCUT2D eigenvalue weighted by molar-refractivity contribution is 7.89. The summed E-state index contributed by atoms with van der Waals surface area (Å²) in [4.78, 5) is 14.7. The average Bonchev–Trinajstić information content (AvgIpc) is 2.63. The van der Waals surface area contributed by atoms with Gasteiger partial charge in [0.25, 0.3) is 0 Å². The minimum Gasteiger partial charge on any atom is -0.375 e. The van der Waals surface area contributed by atoms with Crippen LogP contribution in [-0.2, 0) is 26.0 Å². The topological polar surface area (TPSA) is 66.9 Å². The van der Waals surface area contributed by atoms with E-state index in [0.717, 1.165) is 5.56 Å². The van der Waals surface area contributed by atoms with Crippen LogP contribution in [0.2, 0.25) is 0 Å². The zero-order valence-corrected chi connectivity index (χ0v) is 17.0. The van der Waals surface area contributed by atoms with Crippen LogP contribution in [0.1, 0.15) is 39.7 Å². The van der Waals surface area contributed by atoms with E-state index in [9.17, 15) is 13.2 Å². The molecule has 0 spiro atoms. The van der Waals surface area contributed by atoms with Crippen LogP contribution in [0.4, 0.5) is 0 Å². The number of ether oxygens (including phenoxy) is 1. The molecule has 0 saturated carbocycles. The van der Waals surface area contributed by atoms with E-state index in [2.05, 4.69) is 0 Å². The third-order valence-corrected chi connectivity index (χ3v) is 6.89. The highest BCUT2D eigenvalue weighted by atomic mass is 32.2. The Morgan fingerprint density at radius 2 is 1.81 bits per heavy atom. The van der Waals surface area contributed by atoms with E-state index in [1.54, 1.807) is 24.3 Å². The summed E-state index contributed by atoms with van der Waals surface area (Å²) in [7, 11) is -3.44. The number of benzene rings is 1. The van der Waals surface area contributed by atoms with Gasteiger partial charge in [-0.25, -0.2) is 8.42 Å². The Labute approximate surface area is 157 Å². The van der Waals surface area contributed by atoms with E-state index in [1.165, 1.54) is 4.31 Å². The Kier molecular flexibility index (Phi) is 7.20. The van der Waals surface area contributed by atoms with E-state index in [4.69, 9.17) is 4.74 Å². The molecule has 1 fully saturated rings. The van der Waals surface area contributed by atoms with Gasteiger partial charge in [0.2, 0.25) is 15.9 Å². The Morgan fingerprint density at radius 1 is 1.19 bits per heavy atom. The van der Waals surface area contributed by atoms with Crippen molar-refractivity contribution in [1.29, 1.82) is 0 Å². The van der Waals surface area contributed by atoms with Crippen LogP contribution in [0, 0.1) is 0 Å². The van der Waals surface area contributed by atoms with Crippen LogP contribution in [0.5, 0.6) is 0 Å². The number of carbonyl (C=O) groups is 1. The van der Waals surface area contributed by atoms with Crippen LogP contribution in [-0.4, -0.2) is 61.9 Å². The molecule has 0 aliphatic carbocycles. The molecule has 0 N–H and O–H groups in total. The number of rotatable bonds is 7. The first-order chi connectivity index (χ1) is 12.3. The first-order valence-electron chi connectivity index (χ1n) is 9.29. The molecule has 26 heavy (non-hydrogen) atoms. The number of nitrogens with zero attached hydrogens (tertiary/aromatic N) is 2. The molecule has 7 heteroatoms. The lowest BCUT2D eigenvalue weighted by Gasteiger charge is -2.37. The molecule has 1 aromatic carbocycles. The molecule has 1 aliphatic heterocycles. The van der Waals surface area contributed by atoms with Crippen LogP contribution in [0.25, 0.3) is 0 Å². The zero-order valence-electron chi connectivity index (χ0n) is 16.1. The van der Waals surface area contributed by atoms with Gasteiger partial charge in [-0.15, -0.1) is 0 Å². The van der Waals surface area contributed by atoms with Crippen molar-refractivity contribution in [2.75, 3.05) is 26.2 Å². The summed E-state index contributed by atoms with van der Waals surface area (Å²) in [6.45, 7) is 9.73. The van der Waals surface area contributed by atoms with E-state index in [1.807, 2.05) is 32.6 Å². The fourth-order valence-corrected chi connectivity index (χ4v) is 4.64. The lowest BCUT2D eigenvalue weighted by Crippen LogP contribution is -2.50. The molecule has 2 rings (SSSR count). The summed E-state index contributed by atoms with van der Waals surface area (Å²) in [6.07, 6.45) is 1.09. The summed E-state index contributed by atoms with van der Waals surface area (Å²) in [5.41, 5.74) is 0.964. The molecule has 2 unspecified atom stereocenters. The first-order valence-corrected chi connectivity index (χ1v) is 10.7. The van der Waals surface area contributed by atoms with Gasteiger partial charge in [-0.1, -0.05) is 26.0 Å². The van der Waals surface area contributed by atoms with Gasteiger partial charge >= 0.3 is 0 Å². The second-order valence-corrected chi connectivity index (χ2v) is 8.71. The predicted molar refractivity (Wildman–Crippen MR) is 101 cm³/mol. The first kappa shape index (κ1) is 20.9. The van der Waals surface area contributed by atoms with E-state index < -0.39 is 10.0 Å². The lowest BCUT2D eigenvalue weighted by atomic mass is 10.1. The molecule has 0 aromatic heterocycles. The molecule has 6 nitrogen and oxygen atoms in total. The van der Waals surface area contributed by atoms with E-state index >= 15 is 0 Å². The van der Waals surface area contributed by atoms with Crippen molar-refractivity contribution in [2.24, 2.45) is 0 Å². The monoisotopic (exact) mass is 382 g/mol. The number of amides is 1. The maximum atomic E-state index is 12.5. The second kappa shape index (κ2) is 8.97. The van der Waals surface area contributed by atoms with Crippen LogP contribution in [0.3, 0.4) is 0 Å². The highest BCUT2D eigenvalue weighted by Crippen LogP contribution is 2.18. The van der Waals surface area contributed by atoms with Crippen molar-refractivity contribution in [1.82, 2.24) is 9.21 Å². The Hall–Kier alpha value is -1.44. The molecule has 0 bridgehead atoms. The maximum Gasteiger partial charge on any atom is 0.243 e. The van der Waals surface area contributed by atoms with E-state index in [-0.39, 0.29) is 18.1 Å². The van der Waals surface area contributed by atoms with Crippen molar-refractivity contribution >= 4 is 15.9 Å². The summed E-state index contributed by atoms with van der Waals surface area (Å²) in [5, 5.41) is 0. The molecule has 146 valence electrons. The zero-order chi connectivity index (χ0) is 19.3. The van der Waals surface area contributed by atoms with Gasteiger partial charge in [0.1, 0.15) is 0 Å². The normalized spacial score (nSPS) is 21.2. The third kappa shape index (κ3) is 4.84. The molecule has 1 aromatic rings. The molecule has 2 atom stereocenters. The Morgan fingerprint density at radius 3 is 2.38 bits per heavy atom. The van der Waals surface area contributed by atoms with Gasteiger partial charge < -0.3 is 9.64 Å². The minimum absolute atomic E-state index is 0.0692. The van der Waals surface area contributed by atoms with E-state index in [0.29, 0.717) is 44.0 Å². The summed E-state index contributed by atoms with van der Waals surface area (Å²) in [6, 6.07) is 6.96. The van der Waals surface area contributed by atoms with Crippen molar-refractivity contribution < 1.29 is 17.9 Å². The quantitative estimate of drug-likeness (QED) is 0.726. The number of sulfonamides is 1. The molecule has 1 heterocycles. The number of aryl methyl sites for hydroxylation is 1. The Balaban J connectivity index is 1.98. The fourth-order valence-electron chi connectivity index (χ4n) is 3.19. The van der Waals surface area contributed by atoms with Gasteiger partial charge in [-0.2, -0.15) is 4.31 Å². The van der Waals surface area contributed by atoms with Crippen LogP contribution < -0.4 is 0 Å². The molecule has 0 radical (unpaired) electrons. The van der Waals surface area contributed by atoms with Crippen molar-refractivity contribution in [3.05, 3.63) is 29.8 Å². The number of morpholine rings is 1. The van der Waals surface area contributed by atoms with Gasteiger partial charge in [-0.3, -0.25) is 4.79 Å². The minimum atomic E-state index is -3.44. The lowest BCUT2D eigenvalue weighted by molar-refractivity contribution is -0.143. The van der Waals surface area contributed by atoms with Gasteiger partial charge in [0, 0.05) is 26.1 Å². The van der Waals surface area contributed by atoms with Crippen LogP contribution in [0.15, 0.2) is 29.2 Å². The van der Waals surface area contributed by atoms with Gasteiger partial charge in [0.15, 0.2) is 0 Å². The fraction of sp³-hybridized carbons (Fsp3) is 0.632. The smallest absolute Gasteiger partial charge is 0.243 e. The van der Waals surface area contributed by atoms with Crippen molar-refractivity contribution in [3.63, 3.8) is 0 Å². The molecular weight excluding hydrogens is 352 g/mol. The van der Waals surface area contributed by atoms with Gasteiger partial charge in [-0.05, 0) is 38.0 Å². The van der Waals surface area contributed by atoms with Crippen molar-refractivity contribution in [3.8, 4) is 0 Å². The molecule has 1 amide bonds. The average molecular weight is 383 g/mol. The largest absolute Gasteiger partial charge is 0.375 e. The summed E-state index contributed by atoms with van der Waals surface area (Å²) < 4.78 is 32.0. The van der Waals surface area contributed by atoms with Gasteiger partial charge in [0.05, 0.1) is 23.6 Å². The highest BCUT2D eigenvalue weighted by Gasteiger charge is 2.27. The SMILES string of the molecule is CCN(CC)S(=O)(=O)c1ccc(CCC(=O)N2CC(C)OCC2C)cc1. The number of hydrogen-bond donors (Lipinski definition) is 0. The molecular formula is C19H30N2O4S.